The minimum atomic E-state index is -0.404. The molecule has 164 valence electrons. The number of hydrogen-bond donors (Lipinski definition) is 3. The second-order valence-electron chi connectivity index (χ2n) is 8.77. The highest BCUT2D eigenvalue weighted by Gasteiger charge is 2.24. The molecule has 1 atom stereocenters. The van der Waals surface area contributed by atoms with Crippen LogP contribution < -0.4 is 20.9 Å². The Kier molecular flexibility index (Phi) is 6.75. The Hall–Kier alpha value is -3.02. The van der Waals surface area contributed by atoms with E-state index in [1.165, 1.54) is 18.5 Å². The molecule has 6 heteroatoms. The molecule has 0 bridgehead atoms. The number of anilines is 3. The van der Waals surface area contributed by atoms with Gasteiger partial charge in [-0.3, -0.25) is 9.59 Å². The van der Waals surface area contributed by atoms with E-state index in [0.29, 0.717) is 19.4 Å². The molecule has 0 spiro atoms. The second-order valence-corrected chi connectivity index (χ2v) is 8.77. The van der Waals surface area contributed by atoms with Crippen LogP contribution in [-0.2, 0) is 16.1 Å². The summed E-state index contributed by atoms with van der Waals surface area (Å²) in [5, 5.41) is 9.11. The summed E-state index contributed by atoms with van der Waals surface area (Å²) in [7, 11) is 0. The highest BCUT2D eigenvalue weighted by atomic mass is 16.2. The van der Waals surface area contributed by atoms with Crippen LogP contribution in [0.2, 0.25) is 0 Å². The quantitative estimate of drug-likeness (QED) is 0.662. The maximum Gasteiger partial charge on any atom is 0.242 e. The minimum absolute atomic E-state index is 0.0413. The van der Waals surface area contributed by atoms with Crippen LogP contribution in [0.15, 0.2) is 48.5 Å². The second kappa shape index (κ2) is 9.86. The van der Waals surface area contributed by atoms with E-state index in [-0.39, 0.29) is 11.8 Å². The molecule has 2 heterocycles. The number of amides is 2. The zero-order chi connectivity index (χ0) is 21.6. The van der Waals surface area contributed by atoms with Crippen LogP contribution in [0.5, 0.6) is 0 Å². The number of nitrogens with one attached hydrogen (secondary N) is 3. The maximum atomic E-state index is 12.2. The van der Waals surface area contributed by atoms with Crippen LogP contribution >= 0.6 is 0 Å². The van der Waals surface area contributed by atoms with Crippen molar-refractivity contribution in [1.29, 1.82) is 0 Å². The number of hydrogen-bond acceptors (Lipinski definition) is 4. The largest absolute Gasteiger partial charge is 0.372 e. The van der Waals surface area contributed by atoms with Crippen LogP contribution in [0.1, 0.15) is 44.6 Å². The average molecular weight is 421 g/mol. The standard InChI is InChI=1S/C25H32N4O2/c1-18-13-15-29(16-14-18)22-11-9-21(10-12-22)27-20-7-5-19(6-8-20)17-26-25(31)23-3-2-4-24(30)28-23/h5-12,18,23,27H,2-4,13-17H2,1H3,(H,26,31)(H,28,30)/t23-/m1/s1. The van der Waals surface area contributed by atoms with Crippen LogP contribution in [0.3, 0.4) is 0 Å². The Morgan fingerprint density at radius 2 is 1.65 bits per heavy atom. The van der Waals surface area contributed by atoms with E-state index in [1.807, 2.05) is 24.3 Å². The minimum Gasteiger partial charge on any atom is -0.372 e. The molecule has 6 nitrogen and oxygen atoms in total. The molecule has 2 aromatic carbocycles. The average Bonchev–Trinajstić information content (AvgIpc) is 2.79. The van der Waals surface area contributed by atoms with Crippen molar-refractivity contribution in [1.82, 2.24) is 10.6 Å². The van der Waals surface area contributed by atoms with Crippen LogP contribution in [0, 0.1) is 5.92 Å². The summed E-state index contributed by atoms with van der Waals surface area (Å²) in [6.07, 6.45) is 4.52. The molecule has 2 aliphatic rings. The number of piperidine rings is 2. The Labute approximate surface area is 184 Å². The summed E-state index contributed by atoms with van der Waals surface area (Å²) in [5.41, 5.74) is 4.38. The lowest BCUT2D eigenvalue weighted by Crippen LogP contribution is -2.48. The SMILES string of the molecule is CC1CCN(c2ccc(Nc3ccc(CNC(=O)[C@H]4CCCC(=O)N4)cc3)cc2)CC1. The molecule has 4 rings (SSSR count). The molecule has 0 aliphatic carbocycles. The zero-order valence-corrected chi connectivity index (χ0v) is 18.2. The zero-order valence-electron chi connectivity index (χ0n) is 18.2. The van der Waals surface area contributed by atoms with Gasteiger partial charge in [-0.25, -0.2) is 0 Å². The van der Waals surface area contributed by atoms with Crippen LogP contribution in [-0.4, -0.2) is 30.9 Å². The molecule has 2 aromatic rings. The molecule has 2 amide bonds. The summed E-state index contributed by atoms with van der Waals surface area (Å²) in [5.74, 6) is 0.681. The van der Waals surface area contributed by atoms with Gasteiger partial charge >= 0.3 is 0 Å². The Balaban J connectivity index is 1.26. The van der Waals surface area contributed by atoms with Gasteiger partial charge in [0.1, 0.15) is 6.04 Å². The lowest BCUT2D eigenvalue weighted by molar-refractivity contribution is -0.131. The summed E-state index contributed by atoms with van der Waals surface area (Å²) < 4.78 is 0. The van der Waals surface area contributed by atoms with Crippen LogP contribution in [0.4, 0.5) is 17.1 Å². The monoisotopic (exact) mass is 420 g/mol. The number of nitrogens with zero attached hydrogens (tertiary/aromatic N) is 1. The van der Waals surface area contributed by atoms with Gasteiger partial charge in [-0.1, -0.05) is 19.1 Å². The topological polar surface area (TPSA) is 73.5 Å². The molecule has 2 saturated heterocycles. The fourth-order valence-corrected chi connectivity index (χ4v) is 4.21. The van der Waals surface area contributed by atoms with Crippen molar-refractivity contribution in [2.24, 2.45) is 5.92 Å². The van der Waals surface area contributed by atoms with Gasteiger partial charge in [0.2, 0.25) is 11.8 Å². The van der Waals surface area contributed by atoms with Gasteiger partial charge in [0.25, 0.3) is 0 Å². The summed E-state index contributed by atoms with van der Waals surface area (Å²) in [4.78, 5) is 26.2. The lowest BCUT2D eigenvalue weighted by atomic mass is 9.99. The highest BCUT2D eigenvalue weighted by Crippen LogP contribution is 2.25. The van der Waals surface area contributed by atoms with E-state index in [1.54, 1.807) is 0 Å². The number of carbonyl (C=O) groups excluding carboxylic acids is 2. The van der Waals surface area contributed by atoms with E-state index in [9.17, 15) is 9.59 Å². The summed E-state index contributed by atoms with van der Waals surface area (Å²) >= 11 is 0. The predicted molar refractivity (Wildman–Crippen MR) is 124 cm³/mol. The molecule has 31 heavy (non-hydrogen) atoms. The van der Waals surface area contributed by atoms with Gasteiger partial charge < -0.3 is 20.9 Å². The third kappa shape index (κ3) is 5.78. The molecule has 0 saturated carbocycles. The lowest BCUT2D eigenvalue weighted by Gasteiger charge is -2.32. The third-order valence-electron chi connectivity index (χ3n) is 6.27. The van der Waals surface area contributed by atoms with Gasteiger partial charge in [-0.05, 0) is 73.6 Å². The highest BCUT2D eigenvalue weighted by molar-refractivity contribution is 5.88. The summed E-state index contributed by atoms with van der Waals surface area (Å²) in [6.45, 7) is 5.06. The van der Waals surface area contributed by atoms with E-state index in [4.69, 9.17) is 0 Å². The number of benzene rings is 2. The Bertz CT molecular complexity index is 887. The predicted octanol–water partition coefficient (Wildman–Crippen LogP) is 3.95. The number of rotatable bonds is 6. The van der Waals surface area contributed by atoms with Gasteiger partial charge in [0.15, 0.2) is 0 Å². The van der Waals surface area contributed by atoms with Crippen molar-refractivity contribution in [3.8, 4) is 0 Å². The van der Waals surface area contributed by atoms with Crippen molar-refractivity contribution in [2.75, 3.05) is 23.3 Å². The molecule has 2 aliphatic heterocycles. The van der Waals surface area contributed by atoms with Crippen molar-refractivity contribution >= 4 is 28.9 Å². The Morgan fingerprint density at radius 1 is 1.00 bits per heavy atom. The van der Waals surface area contributed by atoms with Crippen molar-refractivity contribution in [3.63, 3.8) is 0 Å². The molecule has 2 fully saturated rings. The van der Waals surface area contributed by atoms with E-state index >= 15 is 0 Å². The molecular weight excluding hydrogens is 388 g/mol. The van der Waals surface area contributed by atoms with Gasteiger partial charge in [-0.2, -0.15) is 0 Å². The fraction of sp³-hybridized carbons (Fsp3) is 0.440. The first kappa shape index (κ1) is 21.2. The van der Waals surface area contributed by atoms with Crippen LogP contribution in [0.25, 0.3) is 0 Å². The summed E-state index contributed by atoms with van der Waals surface area (Å²) in [6, 6.07) is 16.3. The van der Waals surface area contributed by atoms with E-state index < -0.39 is 6.04 Å². The van der Waals surface area contributed by atoms with Crippen molar-refractivity contribution < 1.29 is 9.59 Å². The maximum absolute atomic E-state index is 12.2. The molecular formula is C25H32N4O2. The van der Waals surface area contributed by atoms with Crippen molar-refractivity contribution in [3.05, 3.63) is 54.1 Å². The first-order valence-corrected chi connectivity index (χ1v) is 11.3. The van der Waals surface area contributed by atoms with E-state index in [0.717, 1.165) is 42.4 Å². The van der Waals surface area contributed by atoms with Crippen molar-refractivity contribution in [2.45, 2.75) is 51.6 Å². The van der Waals surface area contributed by atoms with Gasteiger partial charge in [-0.15, -0.1) is 0 Å². The van der Waals surface area contributed by atoms with E-state index in [2.05, 4.69) is 52.0 Å². The fourth-order valence-electron chi connectivity index (χ4n) is 4.21. The van der Waals surface area contributed by atoms with Gasteiger partial charge in [0, 0.05) is 43.1 Å². The normalized spacial score (nSPS) is 19.6. The smallest absolute Gasteiger partial charge is 0.242 e. The Morgan fingerprint density at radius 3 is 2.29 bits per heavy atom. The van der Waals surface area contributed by atoms with Gasteiger partial charge in [0.05, 0.1) is 0 Å². The third-order valence-corrected chi connectivity index (χ3v) is 6.27. The molecule has 3 N–H and O–H groups in total. The first-order chi connectivity index (χ1) is 15.1. The molecule has 0 radical (unpaired) electrons. The number of carbonyl (C=O) groups is 2. The molecule has 0 unspecified atom stereocenters. The molecule has 0 aromatic heterocycles. The first-order valence-electron chi connectivity index (χ1n) is 11.3.